The fourth-order valence-corrected chi connectivity index (χ4v) is 3.33. The fraction of sp³-hybridized carbons (Fsp3) is 0.400. The number of sulfonamides is 1. The summed E-state index contributed by atoms with van der Waals surface area (Å²) in [5.74, 6) is 2.44. The summed E-state index contributed by atoms with van der Waals surface area (Å²) in [5.41, 5.74) is 0. The standard InChI is InChI=1S/C10H13NO2S2/c1-3-6-9(4-2)11-15(12,13)10-7-5-8-14-10/h2,5,7-9,11H,3,6H2,1H3. The van der Waals surface area contributed by atoms with Crippen molar-refractivity contribution in [3.63, 3.8) is 0 Å². The van der Waals surface area contributed by atoms with Crippen molar-refractivity contribution in [2.75, 3.05) is 0 Å². The molecule has 1 aromatic heterocycles. The Morgan fingerprint density at radius 1 is 1.67 bits per heavy atom. The molecule has 0 spiro atoms. The van der Waals surface area contributed by atoms with E-state index in [2.05, 4.69) is 10.6 Å². The minimum Gasteiger partial charge on any atom is -0.206 e. The molecule has 3 nitrogen and oxygen atoms in total. The number of hydrogen-bond acceptors (Lipinski definition) is 3. The summed E-state index contributed by atoms with van der Waals surface area (Å²) in [5, 5.41) is 1.72. The van der Waals surface area contributed by atoms with Gasteiger partial charge in [-0.2, -0.15) is 4.72 Å². The summed E-state index contributed by atoms with van der Waals surface area (Å²) in [6.45, 7) is 1.96. The van der Waals surface area contributed by atoms with Crippen molar-refractivity contribution in [2.24, 2.45) is 0 Å². The van der Waals surface area contributed by atoms with Crippen LogP contribution in [0.2, 0.25) is 0 Å². The zero-order valence-corrected chi connectivity index (χ0v) is 10.1. The zero-order valence-electron chi connectivity index (χ0n) is 8.43. The van der Waals surface area contributed by atoms with Crippen molar-refractivity contribution in [3.8, 4) is 12.3 Å². The van der Waals surface area contributed by atoms with Crippen LogP contribution in [-0.2, 0) is 10.0 Å². The Bertz CT molecular complexity index is 428. The highest BCUT2D eigenvalue weighted by molar-refractivity contribution is 7.91. The van der Waals surface area contributed by atoms with Gasteiger partial charge in [0.05, 0.1) is 6.04 Å². The number of hydrogen-bond donors (Lipinski definition) is 1. The van der Waals surface area contributed by atoms with E-state index in [0.717, 1.165) is 6.42 Å². The normalized spacial score (nSPS) is 13.3. The third-order valence-electron chi connectivity index (χ3n) is 1.84. The van der Waals surface area contributed by atoms with Crippen LogP contribution in [0.3, 0.4) is 0 Å². The molecule has 1 rings (SSSR count). The molecular formula is C10H13NO2S2. The topological polar surface area (TPSA) is 46.2 Å². The molecule has 0 saturated carbocycles. The number of thiophene rings is 1. The third-order valence-corrected chi connectivity index (χ3v) is 4.71. The first kappa shape index (κ1) is 12.2. The van der Waals surface area contributed by atoms with E-state index in [1.807, 2.05) is 6.92 Å². The van der Waals surface area contributed by atoms with Crippen molar-refractivity contribution < 1.29 is 8.42 Å². The number of terminal acetylenes is 1. The minimum absolute atomic E-state index is 0.304. The summed E-state index contributed by atoms with van der Waals surface area (Å²) in [6.07, 6.45) is 6.75. The molecule has 0 radical (unpaired) electrons. The molecule has 0 aliphatic heterocycles. The Morgan fingerprint density at radius 3 is 2.87 bits per heavy atom. The maximum absolute atomic E-state index is 11.7. The van der Waals surface area contributed by atoms with Gasteiger partial charge in [0.2, 0.25) is 0 Å². The molecule has 0 aliphatic rings. The lowest BCUT2D eigenvalue weighted by atomic mass is 10.2. The SMILES string of the molecule is C#CC(CCC)NS(=O)(=O)c1cccs1. The first-order valence-electron chi connectivity index (χ1n) is 4.62. The van der Waals surface area contributed by atoms with Crippen molar-refractivity contribution >= 4 is 21.4 Å². The van der Waals surface area contributed by atoms with E-state index in [-0.39, 0.29) is 0 Å². The first-order valence-corrected chi connectivity index (χ1v) is 6.98. The lowest BCUT2D eigenvalue weighted by molar-refractivity contribution is 0.566. The van der Waals surface area contributed by atoms with Gasteiger partial charge in [0.25, 0.3) is 10.0 Å². The number of nitrogens with one attached hydrogen (secondary N) is 1. The molecular weight excluding hydrogens is 230 g/mol. The van der Waals surface area contributed by atoms with Crippen LogP contribution < -0.4 is 4.72 Å². The molecule has 1 unspecified atom stereocenters. The van der Waals surface area contributed by atoms with Gasteiger partial charge in [-0.25, -0.2) is 8.42 Å². The molecule has 5 heteroatoms. The molecule has 0 aliphatic carbocycles. The van der Waals surface area contributed by atoms with Crippen molar-refractivity contribution in [1.82, 2.24) is 4.72 Å². The zero-order chi connectivity index (χ0) is 11.3. The van der Waals surface area contributed by atoms with Crippen LogP contribution in [0.5, 0.6) is 0 Å². The van der Waals surface area contributed by atoms with Crippen LogP contribution in [-0.4, -0.2) is 14.5 Å². The summed E-state index contributed by atoms with van der Waals surface area (Å²) >= 11 is 1.18. The van der Waals surface area contributed by atoms with E-state index in [4.69, 9.17) is 6.42 Å². The van der Waals surface area contributed by atoms with Crippen LogP contribution in [0.15, 0.2) is 21.7 Å². The third kappa shape index (κ3) is 3.34. The van der Waals surface area contributed by atoms with Gasteiger partial charge in [0.15, 0.2) is 0 Å². The van der Waals surface area contributed by atoms with Crippen molar-refractivity contribution in [3.05, 3.63) is 17.5 Å². The number of rotatable bonds is 5. The highest BCUT2D eigenvalue weighted by Crippen LogP contribution is 2.16. The molecule has 0 fully saturated rings. The van der Waals surface area contributed by atoms with Crippen LogP contribution in [0.25, 0.3) is 0 Å². The van der Waals surface area contributed by atoms with Crippen LogP contribution in [0.4, 0.5) is 0 Å². The molecule has 0 bridgehead atoms. The van der Waals surface area contributed by atoms with Gasteiger partial charge in [0.1, 0.15) is 4.21 Å². The summed E-state index contributed by atoms with van der Waals surface area (Å²) < 4.78 is 26.3. The minimum atomic E-state index is -3.42. The van der Waals surface area contributed by atoms with E-state index >= 15 is 0 Å². The van der Waals surface area contributed by atoms with Crippen LogP contribution in [0.1, 0.15) is 19.8 Å². The first-order chi connectivity index (χ1) is 7.10. The molecule has 1 aromatic rings. The molecule has 0 saturated heterocycles. The Morgan fingerprint density at radius 2 is 2.40 bits per heavy atom. The van der Waals surface area contributed by atoms with Crippen molar-refractivity contribution in [1.29, 1.82) is 0 Å². The molecule has 1 N–H and O–H groups in total. The fourth-order valence-electron chi connectivity index (χ4n) is 1.13. The van der Waals surface area contributed by atoms with Gasteiger partial charge >= 0.3 is 0 Å². The second kappa shape index (κ2) is 5.31. The van der Waals surface area contributed by atoms with Gasteiger partial charge in [-0.15, -0.1) is 17.8 Å². The van der Waals surface area contributed by atoms with Crippen LogP contribution >= 0.6 is 11.3 Å². The van der Waals surface area contributed by atoms with Gasteiger partial charge in [0, 0.05) is 0 Å². The maximum atomic E-state index is 11.7. The largest absolute Gasteiger partial charge is 0.251 e. The van der Waals surface area contributed by atoms with Crippen molar-refractivity contribution in [2.45, 2.75) is 30.0 Å². The lowest BCUT2D eigenvalue weighted by Crippen LogP contribution is -2.33. The molecule has 1 atom stereocenters. The Balaban J connectivity index is 2.77. The quantitative estimate of drug-likeness (QED) is 0.802. The van der Waals surface area contributed by atoms with Gasteiger partial charge in [-0.05, 0) is 17.9 Å². The summed E-state index contributed by atoms with van der Waals surface area (Å²) in [4.78, 5) is 0. The molecule has 82 valence electrons. The van der Waals surface area contributed by atoms with Crippen LogP contribution in [0, 0.1) is 12.3 Å². The molecule has 0 aromatic carbocycles. The van der Waals surface area contributed by atoms with E-state index in [1.54, 1.807) is 17.5 Å². The highest BCUT2D eigenvalue weighted by atomic mass is 32.2. The van der Waals surface area contributed by atoms with Gasteiger partial charge in [-0.3, -0.25) is 0 Å². The summed E-state index contributed by atoms with van der Waals surface area (Å²) in [6, 6.07) is 2.85. The smallest absolute Gasteiger partial charge is 0.206 e. The molecule has 15 heavy (non-hydrogen) atoms. The summed E-state index contributed by atoms with van der Waals surface area (Å²) in [7, 11) is -3.42. The second-order valence-corrected chi connectivity index (χ2v) is 5.95. The predicted octanol–water partition coefficient (Wildman–Crippen LogP) is 1.83. The second-order valence-electron chi connectivity index (χ2n) is 3.06. The Kier molecular flexibility index (Phi) is 4.33. The predicted molar refractivity (Wildman–Crippen MR) is 62.2 cm³/mol. The Labute approximate surface area is 94.6 Å². The van der Waals surface area contributed by atoms with E-state index < -0.39 is 16.1 Å². The van der Waals surface area contributed by atoms with E-state index in [1.165, 1.54) is 11.3 Å². The lowest BCUT2D eigenvalue weighted by Gasteiger charge is -2.10. The average molecular weight is 243 g/mol. The van der Waals surface area contributed by atoms with Gasteiger partial charge in [-0.1, -0.05) is 25.3 Å². The monoisotopic (exact) mass is 243 g/mol. The van der Waals surface area contributed by atoms with Gasteiger partial charge < -0.3 is 0 Å². The average Bonchev–Trinajstić information content (AvgIpc) is 2.70. The highest BCUT2D eigenvalue weighted by Gasteiger charge is 2.18. The van der Waals surface area contributed by atoms with E-state index in [9.17, 15) is 8.42 Å². The molecule has 1 heterocycles. The Hall–Kier alpha value is -0.830. The molecule has 0 amide bonds. The maximum Gasteiger partial charge on any atom is 0.251 e. The van der Waals surface area contributed by atoms with E-state index in [0.29, 0.717) is 10.6 Å².